The van der Waals surface area contributed by atoms with Crippen LogP contribution in [-0.2, 0) is 6.54 Å². The molecular weight excluding hydrogens is 308 g/mol. The summed E-state index contributed by atoms with van der Waals surface area (Å²) in [6.45, 7) is 2.58. The summed E-state index contributed by atoms with van der Waals surface area (Å²) in [5.74, 6) is 1.37. The molecule has 19 heavy (non-hydrogen) atoms. The summed E-state index contributed by atoms with van der Waals surface area (Å²) in [4.78, 5) is 8.41. The smallest absolute Gasteiger partial charge is 0.212 e. The van der Waals surface area contributed by atoms with Gasteiger partial charge in [0.15, 0.2) is 0 Å². The molecule has 2 aromatic rings. The normalized spacial score (nSPS) is 10.3. The van der Waals surface area contributed by atoms with Crippen LogP contribution in [0.3, 0.4) is 0 Å². The van der Waals surface area contributed by atoms with Crippen LogP contribution >= 0.6 is 15.9 Å². The van der Waals surface area contributed by atoms with Gasteiger partial charge in [0, 0.05) is 18.8 Å². The highest BCUT2D eigenvalue weighted by Crippen LogP contribution is 2.27. The molecule has 2 heterocycles. The van der Waals surface area contributed by atoms with Gasteiger partial charge in [-0.3, -0.25) is 0 Å². The van der Waals surface area contributed by atoms with E-state index in [1.807, 2.05) is 19.1 Å². The van der Waals surface area contributed by atoms with Gasteiger partial charge in [0.25, 0.3) is 0 Å². The number of hydrogen-bond donors (Lipinski definition) is 2. The second-order valence-corrected chi connectivity index (χ2v) is 4.86. The molecule has 3 N–H and O–H groups in total. The number of pyridine rings is 2. The first-order valence-electron chi connectivity index (χ1n) is 5.75. The second-order valence-electron chi connectivity index (χ2n) is 4.06. The van der Waals surface area contributed by atoms with Gasteiger partial charge in [0.2, 0.25) is 5.88 Å². The van der Waals surface area contributed by atoms with E-state index in [4.69, 9.17) is 10.5 Å². The highest BCUT2D eigenvalue weighted by atomic mass is 79.9. The minimum Gasteiger partial charge on any atom is -0.481 e. The van der Waals surface area contributed by atoms with E-state index in [2.05, 4.69) is 31.2 Å². The first-order chi connectivity index (χ1) is 9.11. The van der Waals surface area contributed by atoms with E-state index < -0.39 is 0 Å². The van der Waals surface area contributed by atoms with Crippen molar-refractivity contribution in [1.82, 2.24) is 9.97 Å². The number of ether oxygens (including phenoxy) is 1. The molecule has 0 amide bonds. The van der Waals surface area contributed by atoms with Crippen LogP contribution in [0.25, 0.3) is 0 Å². The number of methoxy groups -OCH3 is 1. The molecule has 0 saturated heterocycles. The number of aromatic nitrogens is 2. The standard InChI is InChI=1S/C13H15BrN4O/c1-8-10(15)7-18-13(12(8)14)17-6-9-3-4-11(19-2)16-5-9/h3-5,7H,6,15H2,1-2H3,(H,17,18). The van der Waals surface area contributed by atoms with Crippen LogP contribution < -0.4 is 15.8 Å². The zero-order valence-electron chi connectivity index (χ0n) is 10.8. The highest BCUT2D eigenvalue weighted by molar-refractivity contribution is 9.10. The summed E-state index contributed by atoms with van der Waals surface area (Å²) < 4.78 is 5.90. The van der Waals surface area contributed by atoms with Crippen LogP contribution in [0.4, 0.5) is 11.5 Å². The fraction of sp³-hybridized carbons (Fsp3) is 0.231. The predicted octanol–water partition coefficient (Wildman–Crippen LogP) is 2.75. The third-order valence-electron chi connectivity index (χ3n) is 2.77. The van der Waals surface area contributed by atoms with Crippen molar-refractivity contribution < 1.29 is 4.74 Å². The summed E-state index contributed by atoms with van der Waals surface area (Å²) in [5.41, 5.74) is 8.48. The number of nitrogens with two attached hydrogens (primary N) is 1. The summed E-state index contributed by atoms with van der Waals surface area (Å²) in [6, 6.07) is 3.78. The molecule has 0 spiro atoms. The fourth-order valence-corrected chi connectivity index (χ4v) is 2.01. The van der Waals surface area contributed by atoms with Crippen LogP contribution in [-0.4, -0.2) is 17.1 Å². The largest absolute Gasteiger partial charge is 0.481 e. The molecule has 0 aliphatic rings. The topological polar surface area (TPSA) is 73.1 Å². The zero-order valence-corrected chi connectivity index (χ0v) is 12.4. The maximum atomic E-state index is 5.78. The molecule has 0 radical (unpaired) electrons. The minimum atomic E-state index is 0.603. The third kappa shape index (κ3) is 3.14. The number of hydrogen-bond acceptors (Lipinski definition) is 5. The van der Waals surface area contributed by atoms with E-state index in [0.717, 1.165) is 21.4 Å². The highest BCUT2D eigenvalue weighted by Gasteiger charge is 2.07. The summed E-state index contributed by atoms with van der Waals surface area (Å²) in [7, 11) is 1.60. The maximum Gasteiger partial charge on any atom is 0.212 e. The Labute approximate surface area is 120 Å². The Balaban J connectivity index is 2.08. The molecule has 0 atom stereocenters. The van der Waals surface area contributed by atoms with Crippen molar-refractivity contribution in [1.29, 1.82) is 0 Å². The summed E-state index contributed by atoms with van der Waals surface area (Å²) in [6.07, 6.45) is 3.42. The van der Waals surface area contributed by atoms with Gasteiger partial charge in [-0.1, -0.05) is 6.07 Å². The molecule has 0 bridgehead atoms. The minimum absolute atomic E-state index is 0.603. The lowest BCUT2D eigenvalue weighted by atomic mass is 10.2. The Morgan fingerprint density at radius 3 is 2.74 bits per heavy atom. The number of nitrogens with zero attached hydrogens (tertiary/aromatic N) is 2. The molecule has 0 aliphatic heterocycles. The Bertz CT molecular complexity index is 572. The van der Waals surface area contributed by atoms with Crippen LogP contribution in [0, 0.1) is 6.92 Å². The molecule has 0 aliphatic carbocycles. The first kappa shape index (κ1) is 13.6. The number of halogens is 1. The zero-order chi connectivity index (χ0) is 13.8. The van der Waals surface area contributed by atoms with Crippen LogP contribution in [0.15, 0.2) is 29.0 Å². The van der Waals surface area contributed by atoms with Gasteiger partial charge in [-0.15, -0.1) is 0 Å². The van der Waals surface area contributed by atoms with Crippen molar-refractivity contribution in [2.45, 2.75) is 13.5 Å². The Morgan fingerprint density at radius 1 is 1.32 bits per heavy atom. The molecule has 100 valence electrons. The third-order valence-corrected chi connectivity index (χ3v) is 3.74. The quantitative estimate of drug-likeness (QED) is 0.905. The molecule has 0 aromatic carbocycles. The Morgan fingerprint density at radius 2 is 2.11 bits per heavy atom. The number of nitrogens with one attached hydrogen (secondary N) is 1. The van der Waals surface area contributed by atoms with E-state index in [0.29, 0.717) is 18.1 Å². The average molecular weight is 323 g/mol. The van der Waals surface area contributed by atoms with Gasteiger partial charge in [-0.05, 0) is 34.0 Å². The van der Waals surface area contributed by atoms with Crippen LogP contribution in [0.5, 0.6) is 5.88 Å². The van der Waals surface area contributed by atoms with Crippen molar-refractivity contribution in [3.8, 4) is 5.88 Å². The molecule has 5 nitrogen and oxygen atoms in total. The molecule has 0 fully saturated rings. The average Bonchev–Trinajstić information content (AvgIpc) is 2.45. The summed E-state index contributed by atoms with van der Waals surface area (Å²) in [5, 5.41) is 3.24. The van der Waals surface area contributed by atoms with Crippen molar-refractivity contribution in [2.75, 3.05) is 18.2 Å². The van der Waals surface area contributed by atoms with Crippen molar-refractivity contribution in [2.24, 2.45) is 0 Å². The van der Waals surface area contributed by atoms with Crippen molar-refractivity contribution in [3.63, 3.8) is 0 Å². The van der Waals surface area contributed by atoms with E-state index in [1.165, 1.54) is 0 Å². The molecular formula is C13H15BrN4O. The fourth-order valence-electron chi connectivity index (χ4n) is 1.54. The summed E-state index contributed by atoms with van der Waals surface area (Å²) >= 11 is 3.49. The first-order valence-corrected chi connectivity index (χ1v) is 6.54. The number of anilines is 2. The van der Waals surface area contributed by atoms with E-state index in [9.17, 15) is 0 Å². The van der Waals surface area contributed by atoms with E-state index in [1.54, 1.807) is 19.5 Å². The number of nitrogen functional groups attached to an aromatic ring is 1. The van der Waals surface area contributed by atoms with E-state index >= 15 is 0 Å². The SMILES string of the molecule is COc1ccc(CNc2ncc(N)c(C)c2Br)cn1. The molecule has 0 saturated carbocycles. The second kappa shape index (κ2) is 5.88. The lowest BCUT2D eigenvalue weighted by Gasteiger charge is -2.11. The van der Waals surface area contributed by atoms with Gasteiger partial charge < -0.3 is 15.8 Å². The van der Waals surface area contributed by atoms with Gasteiger partial charge >= 0.3 is 0 Å². The molecule has 6 heteroatoms. The maximum absolute atomic E-state index is 5.78. The van der Waals surface area contributed by atoms with E-state index in [-0.39, 0.29) is 0 Å². The van der Waals surface area contributed by atoms with Gasteiger partial charge in [-0.2, -0.15) is 0 Å². The molecule has 2 aromatic heterocycles. The van der Waals surface area contributed by atoms with Gasteiger partial charge in [0.05, 0.1) is 23.5 Å². The number of rotatable bonds is 4. The van der Waals surface area contributed by atoms with Gasteiger partial charge in [0.1, 0.15) is 5.82 Å². The van der Waals surface area contributed by atoms with Gasteiger partial charge in [-0.25, -0.2) is 9.97 Å². The van der Waals surface area contributed by atoms with Crippen molar-refractivity contribution >= 4 is 27.4 Å². The lowest BCUT2D eigenvalue weighted by molar-refractivity contribution is 0.397. The van der Waals surface area contributed by atoms with Crippen molar-refractivity contribution in [3.05, 3.63) is 40.1 Å². The van der Waals surface area contributed by atoms with Crippen LogP contribution in [0.2, 0.25) is 0 Å². The molecule has 0 unspecified atom stereocenters. The Kier molecular flexibility index (Phi) is 4.21. The molecule has 2 rings (SSSR count). The lowest BCUT2D eigenvalue weighted by Crippen LogP contribution is -2.04. The van der Waals surface area contributed by atoms with Crippen LogP contribution in [0.1, 0.15) is 11.1 Å². The monoisotopic (exact) mass is 322 g/mol. The Hall–Kier alpha value is -1.82. The predicted molar refractivity (Wildman–Crippen MR) is 79.2 cm³/mol.